The van der Waals surface area contributed by atoms with E-state index in [2.05, 4.69) is 34.3 Å². The molecule has 2 heterocycles. The van der Waals surface area contributed by atoms with E-state index >= 15 is 0 Å². The maximum absolute atomic E-state index is 12.3. The SMILES string of the molecule is Cc1nc(C(C)C)sc1C(=O)NCCc1nc(Cc2ccccc2)no1. The van der Waals surface area contributed by atoms with Crippen molar-refractivity contribution in [3.05, 3.63) is 63.2 Å². The van der Waals surface area contributed by atoms with Crippen molar-refractivity contribution < 1.29 is 9.32 Å². The van der Waals surface area contributed by atoms with Gasteiger partial charge in [0.15, 0.2) is 5.82 Å². The Kier molecular flexibility index (Phi) is 5.78. The smallest absolute Gasteiger partial charge is 0.263 e. The first kappa shape index (κ1) is 18.3. The molecule has 0 radical (unpaired) electrons. The van der Waals surface area contributed by atoms with Gasteiger partial charge in [-0.05, 0) is 12.5 Å². The molecule has 0 aliphatic heterocycles. The minimum atomic E-state index is -0.101. The van der Waals surface area contributed by atoms with E-state index in [0.29, 0.717) is 41.9 Å². The van der Waals surface area contributed by atoms with Crippen LogP contribution in [0.1, 0.15) is 57.4 Å². The summed E-state index contributed by atoms with van der Waals surface area (Å²) in [5.74, 6) is 1.40. The third-order valence-electron chi connectivity index (χ3n) is 3.85. The summed E-state index contributed by atoms with van der Waals surface area (Å²) in [7, 11) is 0. The number of aryl methyl sites for hydroxylation is 1. The standard InChI is InChI=1S/C19H22N4O2S/c1-12(2)19-21-13(3)17(26-19)18(24)20-10-9-16-22-15(23-25-16)11-14-7-5-4-6-8-14/h4-8,12H,9-11H2,1-3H3,(H,20,24). The van der Waals surface area contributed by atoms with Gasteiger partial charge in [-0.1, -0.05) is 49.3 Å². The molecule has 0 atom stereocenters. The lowest BCUT2D eigenvalue weighted by molar-refractivity contribution is 0.0956. The van der Waals surface area contributed by atoms with Crippen LogP contribution in [-0.4, -0.2) is 27.6 Å². The molecule has 26 heavy (non-hydrogen) atoms. The van der Waals surface area contributed by atoms with Crippen molar-refractivity contribution in [2.45, 2.75) is 39.5 Å². The monoisotopic (exact) mass is 370 g/mol. The van der Waals surface area contributed by atoms with Crippen LogP contribution in [0.4, 0.5) is 0 Å². The molecule has 6 nitrogen and oxygen atoms in total. The number of aromatic nitrogens is 3. The molecule has 0 aliphatic carbocycles. The molecule has 0 spiro atoms. The molecule has 0 unspecified atom stereocenters. The van der Waals surface area contributed by atoms with Crippen LogP contribution in [0.5, 0.6) is 0 Å². The Morgan fingerprint density at radius 1 is 1.23 bits per heavy atom. The van der Waals surface area contributed by atoms with Crippen molar-refractivity contribution in [2.75, 3.05) is 6.54 Å². The first-order valence-corrected chi connectivity index (χ1v) is 9.45. The highest BCUT2D eigenvalue weighted by Crippen LogP contribution is 2.24. The molecule has 1 aromatic carbocycles. The molecule has 0 aliphatic rings. The van der Waals surface area contributed by atoms with E-state index in [-0.39, 0.29) is 5.91 Å². The highest BCUT2D eigenvalue weighted by molar-refractivity contribution is 7.13. The van der Waals surface area contributed by atoms with Gasteiger partial charge in [0, 0.05) is 25.3 Å². The van der Waals surface area contributed by atoms with Gasteiger partial charge in [-0.25, -0.2) is 4.98 Å². The molecule has 0 saturated heterocycles. The Morgan fingerprint density at radius 2 is 2.00 bits per heavy atom. The Bertz CT molecular complexity index is 871. The van der Waals surface area contributed by atoms with Crippen molar-refractivity contribution in [2.24, 2.45) is 0 Å². The number of hydrogen-bond donors (Lipinski definition) is 1. The molecule has 0 saturated carbocycles. The van der Waals surface area contributed by atoms with Crippen LogP contribution in [-0.2, 0) is 12.8 Å². The average molecular weight is 370 g/mol. The summed E-state index contributed by atoms with van der Waals surface area (Å²) in [6.07, 6.45) is 1.14. The second-order valence-corrected chi connectivity index (χ2v) is 7.42. The Balaban J connectivity index is 1.51. The van der Waals surface area contributed by atoms with Crippen LogP contribution >= 0.6 is 11.3 Å². The van der Waals surface area contributed by atoms with Crippen LogP contribution in [0, 0.1) is 6.92 Å². The van der Waals surface area contributed by atoms with Gasteiger partial charge in [-0.3, -0.25) is 4.79 Å². The van der Waals surface area contributed by atoms with Gasteiger partial charge < -0.3 is 9.84 Å². The number of thiazole rings is 1. The van der Waals surface area contributed by atoms with E-state index in [4.69, 9.17) is 4.52 Å². The van der Waals surface area contributed by atoms with Gasteiger partial charge in [0.2, 0.25) is 5.89 Å². The van der Waals surface area contributed by atoms with E-state index in [1.165, 1.54) is 11.3 Å². The molecular weight excluding hydrogens is 348 g/mol. The highest BCUT2D eigenvalue weighted by Gasteiger charge is 2.17. The van der Waals surface area contributed by atoms with E-state index in [1.807, 2.05) is 37.3 Å². The van der Waals surface area contributed by atoms with E-state index < -0.39 is 0 Å². The molecule has 0 bridgehead atoms. The number of carbonyl (C=O) groups is 1. The third kappa shape index (κ3) is 4.54. The summed E-state index contributed by atoms with van der Waals surface area (Å²) in [5, 5.41) is 7.88. The molecular formula is C19H22N4O2S. The van der Waals surface area contributed by atoms with Crippen molar-refractivity contribution >= 4 is 17.2 Å². The lowest BCUT2D eigenvalue weighted by Crippen LogP contribution is -2.25. The van der Waals surface area contributed by atoms with E-state index in [0.717, 1.165) is 16.3 Å². The van der Waals surface area contributed by atoms with Crippen LogP contribution in [0.3, 0.4) is 0 Å². The highest BCUT2D eigenvalue weighted by atomic mass is 32.1. The van der Waals surface area contributed by atoms with Crippen molar-refractivity contribution in [3.8, 4) is 0 Å². The predicted molar refractivity (Wildman–Crippen MR) is 101 cm³/mol. The lowest BCUT2D eigenvalue weighted by atomic mass is 10.1. The van der Waals surface area contributed by atoms with Gasteiger partial charge in [0.05, 0.1) is 10.7 Å². The Labute approximate surface area is 156 Å². The number of nitrogens with zero attached hydrogens (tertiary/aromatic N) is 3. The first-order chi connectivity index (χ1) is 12.5. The molecule has 0 fully saturated rings. The summed E-state index contributed by atoms with van der Waals surface area (Å²) in [6.45, 7) is 6.45. The van der Waals surface area contributed by atoms with Crippen LogP contribution in [0.2, 0.25) is 0 Å². The van der Waals surface area contributed by atoms with Gasteiger partial charge in [-0.15, -0.1) is 11.3 Å². The third-order valence-corrected chi connectivity index (χ3v) is 5.31. The summed E-state index contributed by atoms with van der Waals surface area (Å²) < 4.78 is 5.26. The van der Waals surface area contributed by atoms with E-state index in [9.17, 15) is 4.79 Å². The number of benzene rings is 1. The summed E-state index contributed by atoms with van der Waals surface area (Å²) in [6, 6.07) is 10.00. The molecule has 3 aromatic rings. The van der Waals surface area contributed by atoms with E-state index in [1.54, 1.807) is 0 Å². The summed E-state index contributed by atoms with van der Waals surface area (Å²) >= 11 is 1.45. The molecule has 2 aromatic heterocycles. The van der Waals surface area contributed by atoms with Gasteiger partial charge in [0.1, 0.15) is 4.88 Å². The second kappa shape index (κ2) is 8.23. The quantitative estimate of drug-likeness (QED) is 0.688. The Morgan fingerprint density at radius 3 is 2.69 bits per heavy atom. The van der Waals surface area contributed by atoms with Crippen molar-refractivity contribution in [1.29, 1.82) is 0 Å². The normalized spacial score (nSPS) is 11.1. The lowest BCUT2D eigenvalue weighted by Gasteiger charge is -2.01. The van der Waals surface area contributed by atoms with Crippen LogP contribution < -0.4 is 5.32 Å². The zero-order valence-electron chi connectivity index (χ0n) is 15.2. The molecule has 1 amide bonds. The number of nitrogens with one attached hydrogen (secondary N) is 1. The molecule has 1 N–H and O–H groups in total. The number of amides is 1. The van der Waals surface area contributed by atoms with Gasteiger partial charge in [0.25, 0.3) is 5.91 Å². The van der Waals surface area contributed by atoms with Crippen LogP contribution in [0.25, 0.3) is 0 Å². The van der Waals surface area contributed by atoms with Crippen LogP contribution in [0.15, 0.2) is 34.9 Å². The fourth-order valence-electron chi connectivity index (χ4n) is 2.48. The average Bonchev–Trinajstić information content (AvgIpc) is 3.22. The summed E-state index contributed by atoms with van der Waals surface area (Å²) in [4.78, 5) is 21.8. The van der Waals surface area contributed by atoms with Crippen molar-refractivity contribution in [1.82, 2.24) is 20.4 Å². The second-order valence-electron chi connectivity index (χ2n) is 6.39. The maximum Gasteiger partial charge on any atom is 0.263 e. The minimum Gasteiger partial charge on any atom is -0.351 e. The maximum atomic E-state index is 12.3. The Hall–Kier alpha value is -2.54. The number of hydrogen-bond acceptors (Lipinski definition) is 6. The largest absolute Gasteiger partial charge is 0.351 e. The van der Waals surface area contributed by atoms with Gasteiger partial charge in [-0.2, -0.15) is 4.98 Å². The fourth-order valence-corrected chi connectivity index (χ4v) is 3.47. The zero-order valence-corrected chi connectivity index (χ0v) is 16.0. The minimum absolute atomic E-state index is 0.101. The topological polar surface area (TPSA) is 80.9 Å². The summed E-state index contributed by atoms with van der Waals surface area (Å²) in [5.41, 5.74) is 1.91. The van der Waals surface area contributed by atoms with Gasteiger partial charge >= 0.3 is 0 Å². The number of carbonyl (C=O) groups excluding carboxylic acids is 1. The predicted octanol–water partition coefficient (Wildman–Crippen LogP) is 3.52. The number of rotatable bonds is 7. The fraction of sp³-hybridized carbons (Fsp3) is 0.368. The first-order valence-electron chi connectivity index (χ1n) is 8.64. The zero-order chi connectivity index (χ0) is 18.5. The van der Waals surface area contributed by atoms with Crippen molar-refractivity contribution in [3.63, 3.8) is 0 Å². The molecule has 136 valence electrons. The molecule has 7 heteroatoms. The molecule has 3 rings (SSSR count).